The van der Waals surface area contributed by atoms with Crippen LogP contribution in [-0.4, -0.2) is 8.42 Å². The van der Waals surface area contributed by atoms with Crippen LogP contribution in [0.3, 0.4) is 0 Å². The summed E-state index contributed by atoms with van der Waals surface area (Å²) in [5.74, 6) is 0.386. The molecule has 0 saturated carbocycles. The predicted octanol–water partition coefficient (Wildman–Crippen LogP) is 4.66. The molecule has 23 heavy (non-hydrogen) atoms. The second kappa shape index (κ2) is 8.08. The largest absolute Gasteiger partial charge is 0.216 e. The van der Waals surface area contributed by atoms with Gasteiger partial charge in [-0.1, -0.05) is 72.2 Å². The lowest BCUT2D eigenvalue weighted by Gasteiger charge is -2.21. The van der Waals surface area contributed by atoms with Crippen molar-refractivity contribution in [3.8, 4) is 0 Å². The first-order valence-corrected chi connectivity index (χ1v) is 10.1. The first-order chi connectivity index (χ1) is 10.9. The Kier molecular flexibility index (Phi) is 6.39. The van der Waals surface area contributed by atoms with Crippen LogP contribution in [0, 0.1) is 5.92 Å². The minimum atomic E-state index is -3.41. The molecule has 0 aliphatic rings. The Labute approximate surface area is 147 Å². The maximum absolute atomic E-state index is 12.5. The number of hydrogen-bond acceptors (Lipinski definition) is 2. The third-order valence-corrected chi connectivity index (χ3v) is 5.39. The summed E-state index contributed by atoms with van der Waals surface area (Å²) in [4.78, 5) is 0. The highest BCUT2D eigenvalue weighted by Gasteiger charge is 2.20. The normalized spacial score (nSPS) is 13.2. The average molecular weight is 396 g/mol. The molecule has 0 amide bonds. The van der Waals surface area contributed by atoms with Crippen molar-refractivity contribution in [2.24, 2.45) is 5.92 Å². The quantitative estimate of drug-likeness (QED) is 0.740. The van der Waals surface area contributed by atoms with Crippen molar-refractivity contribution < 1.29 is 8.42 Å². The van der Waals surface area contributed by atoms with Gasteiger partial charge in [0.15, 0.2) is 0 Å². The van der Waals surface area contributed by atoms with Crippen molar-refractivity contribution in [3.05, 3.63) is 70.2 Å². The van der Waals surface area contributed by atoms with Crippen LogP contribution < -0.4 is 4.72 Å². The van der Waals surface area contributed by atoms with Gasteiger partial charge in [0.1, 0.15) is 0 Å². The van der Waals surface area contributed by atoms with Crippen molar-refractivity contribution in [3.63, 3.8) is 0 Å². The molecule has 5 heteroatoms. The Morgan fingerprint density at radius 1 is 1.00 bits per heavy atom. The fourth-order valence-electron chi connectivity index (χ4n) is 2.47. The van der Waals surface area contributed by atoms with E-state index in [1.807, 2.05) is 54.6 Å². The minimum Gasteiger partial charge on any atom is -0.212 e. The van der Waals surface area contributed by atoms with E-state index in [2.05, 4.69) is 34.5 Å². The van der Waals surface area contributed by atoms with Gasteiger partial charge in [-0.05, 0) is 35.6 Å². The van der Waals surface area contributed by atoms with Gasteiger partial charge in [-0.15, -0.1) is 0 Å². The van der Waals surface area contributed by atoms with E-state index in [9.17, 15) is 8.42 Å². The molecule has 2 aromatic carbocycles. The molecule has 1 atom stereocenters. The van der Waals surface area contributed by atoms with Crippen molar-refractivity contribution in [2.45, 2.75) is 32.1 Å². The molecule has 0 aromatic heterocycles. The Balaban J connectivity index is 2.15. The van der Waals surface area contributed by atoms with Gasteiger partial charge in [0.05, 0.1) is 5.75 Å². The number of rotatable bonds is 7. The summed E-state index contributed by atoms with van der Waals surface area (Å²) in [5.41, 5.74) is 1.78. The van der Waals surface area contributed by atoms with E-state index >= 15 is 0 Å². The second-order valence-electron chi connectivity index (χ2n) is 6.10. The van der Waals surface area contributed by atoms with Crippen LogP contribution in [0.15, 0.2) is 59.1 Å². The van der Waals surface area contributed by atoms with Crippen LogP contribution >= 0.6 is 15.9 Å². The summed E-state index contributed by atoms with van der Waals surface area (Å²) in [6.07, 6.45) is 0.767. The first kappa shape index (κ1) is 18.2. The van der Waals surface area contributed by atoms with Gasteiger partial charge in [0.25, 0.3) is 0 Å². The van der Waals surface area contributed by atoms with E-state index in [4.69, 9.17) is 0 Å². The Hall–Kier alpha value is -1.17. The summed E-state index contributed by atoms with van der Waals surface area (Å²) in [5, 5.41) is 0. The maximum Gasteiger partial charge on any atom is 0.216 e. The molecule has 124 valence electrons. The maximum atomic E-state index is 12.5. The minimum absolute atomic E-state index is 0.0122. The molecular formula is C18H22BrNO2S. The monoisotopic (exact) mass is 395 g/mol. The van der Waals surface area contributed by atoms with Gasteiger partial charge in [-0.25, -0.2) is 13.1 Å². The highest BCUT2D eigenvalue weighted by Crippen LogP contribution is 2.23. The highest BCUT2D eigenvalue weighted by atomic mass is 79.9. The zero-order valence-corrected chi connectivity index (χ0v) is 15.8. The van der Waals surface area contributed by atoms with Crippen LogP contribution in [-0.2, 0) is 15.8 Å². The molecule has 0 fully saturated rings. The fraction of sp³-hybridized carbons (Fsp3) is 0.333. The Bertz CT molecular complexity index is 712. The molecular weight excluding hydrogens is 374 g/mol. The molecule has 0 heterocycles. The van der Waals surface area contributed by atoms with Gasteiger partial charge in [0, 0.05) is 10.5 Å². The van der Waals surface area contributed by atoms with Crippen LogP contribution in [0.4, 0.5) is 0 Å². The standard InChI is InChI=1S/C18H22BrNO2S/c1-14(2)12-18(16-6-4-3-5-7-16)20-23(21,22)13-15-8-10-17(19)11-9-15/h3-11,14,18,20H,12-13H2,1-2H3/t18-/m1/s1. The zero-order valence-electron chi connectivity index (χ0n) is 13.4. The van der Waals surface area contributed by atoms with Crippen LogP contribution in [0.1, 0.15) is 37.4 Å². The summed E-state index contributed by atoms with van der Waals surface area (Å²) >= 11 is 3.36. The molecule has 0 spiro atoms. The molecule has 0 saturated heterocycles. The van der Waals surface area contributed by atoms with Crippen molar-refractivity contribution >= 4 is 26.0 Å². The van der Waals surface area contributed by atoms with Crippen molar-refractivity contribution in [1.29, 1.82) is 0 Å². The predicted molar refractivity (Wildman–Crippen MR) is 98.5 cm³/mol. The average Bonchev–Trinajstić information content (AvgIpc) is 2.49. The Morgan fingerprint density at radius 3 is 2.17 bits per heavy atom. The number of hydrogen-bond donors (Lipinski definition) is 1. The number of benzene rings is 2. The van der Waals surface area contributed by atoms with Crippen LogP contribution in [0.25, 0.3) is 0 Å². The van der Waals surface area contributed by atoms with E-state index in [-0.39, 0.29) is 11.8 Å². The molecule has 3 nitrogen and oxygen atoms in total. The van der Waals surface area contributed by atoms with Crippen LogP contribution in [0.2, 0.25) is 0 Å². The van der Waals surface area contributed by atoms with E-state index in [0.717, 1.165) is 22.0 Å². The summed E-state index contributed by atoms with van der Waals surface area (Å²) in [6.45, 7) is 4.19. The lowest BCUT2D eigenvalue weighted by molar-refractivity contribution is 0.472. The van der Waals surface area contributed by atoms with Crippen molar-refractivity contribution in [2.75, 3.05) is 0 Å². The first-order valence-electron chi connectivity index (χ1n) is 7.65. The van der Waals surface area contributed by atoms with Gasteiger partial charge in [-0.3, -0.25) is 0 Å². The third-order valence-electron chi connectivity index (χ3n) is 3.50. The number of nitrogens with one attached hydrogen (secondary N) is 1. The molecule has 0 aliphatic heterocycles. The number of sulfonamides is 1. The highest BCUT2D eigenvalue weighted by molar-refractivity contribution is 9.10. The van der Waals surface area contributed by atoms with E-state index in [1.165, 1.54) is 0 Å². The molecule has 0 bridgehead atoms. The number of halogens is 1. The van der Waals surface area contributed by atoms with E-state index in [1.54, 1.807) is 0 Å². The van der Waals surface area contributed by atoms with Gasteiger partial charge in [-0.2, -0.15) is 0 Å². The summed E-state index contributed by atoms with van der Waals surface area (Å²) in [6, 6.07) is 16.9. The van der Waals surface area contributed by atoms with Crippen molar-refractivity contribution in [1.82, 2.24) is 4.72 Å². The Morgan fingerprint density at radius 2 is 1.61 bits per heavy atom. The fourth-order valence-corrected chi connectivity index (χ4v) is 4.11. The van der Waals surface area contributed by atoms with Crippen LogP contribution in [0.5, 0.6) is 0 Å². The second-order valence-corrected chi connectivity index (χ2v) is 8.77. The van der Waals surface area contributed by atoms with E-state index < -0.39 is 10.0 Å². The summed E-state index contributed by atoms with van der Waals surface area (Å²) in [7, 11) is -3.41. The topological polar surface area (TPSA) is 46.2 Å². The smallest absolute Gasteiger partial charge is 0.212 e. The van der Waals surface area contributed by atoms with Gasteiger partial charge >= 0.3 is 0 Å². The third kappa shape index (κ3) is 6.09. The molecule has 1 N–H and O–H groups in total. The van der Waals surface area contributed by atoms with Gasteiger partial charge in [0.2, 0.25) is 10.0 Å². The lowest BCUT2D eigenvalue weighted by atomic mass is 9.98. The zero-order chi connectivity index (χ0) is 16.9. The SMILES string of the molecule is CC(C)C[C@@H](NS(=O)(=O)Cc1ccc(Br)cc1)c1ccccc1. The lowest BCUT2D eigenvalue weighted by Crippen LogP contribution is -2.30. The molecule has 0 unspecified atom stereocenters. The molecule has 0 aliphatic carbocycles. The molecule has 0 radical (unpaired) electrons. The summed E-state index contributed by atoms with van der Waals surface area (Å²) < 4.78 is 28.9. The molecule has 2 aromatic rings. The van der Waals surface area contributed by atoms with E-state index in [0.29, 0.717) is 5.92 Å². The van der Waals surface area contributed by atoms with Gasteiger partial charge < -0.3 is 0 Å². The molecule has 2 rings (SSSR count).